The number of rotatable bonds is 3. The van der Waals surface area contributed by atoms with Gasteiger partial charge in [-0.15, -0.1) is 12.4 Å². The lowest BCUT2D eigenvalue weighted by atomic mass is 10.1. The summed E-state index contributed by atoms with van der Waals surface area (Å²) in [5.41, 5.74) is 6.56. The third-order valence-electron chi connectivity index (χ3n) is 1.91. The molecule has 1 aromatic heterocycles. The molecule has 1 heterocycles. The van der Waals surface area contributed by atoms with Crippen molar-refractivity contribution in [3.8, 4) is 0 Å². The molecule has 2 N–H and O–H groups in total. The van der Waals surface area contributed by atoms with Crippen LogP contribution >= 0.6 is 12.4 Å². The Labute approximate surface area is 95.9 Å². The highest BCUT2D eigenvalue weighted by Crippen LogP contribution is 1.99. The Morgan fingerprint density at radius 2 is 2.20 bits per heavy atom. The molecule has 4 nitrogen and oxygen atoms in total. The van der Waals surface area contributed by atoms with Gasteiger partial charge in [-0.05, 0) is 12.1 Å². The number of hydrogen-bond acceptors (Lipinski definition) is 3. The van der Waals surface area contributed by atoms with Crippen LogP contribution < -0.4 is 5.73 Å². The molecule has 84 valence electrons. The van der Waals surface area contributed by atoms with Gasteiger partial charge in [-0.25, -0.2) is 0 Å². The lowest BCUT2D eigenvalue weighted by molar-refractivity contribution is -0.130. The first-order valence-electron chi connectivity index (χ1n) is 4.48. The minimum atomic E-state index is -0.500. The van der Waals surface area contributed by atoms with Gasteiger partial charge in [0.1, 0.15) is 0 Å². The number of likely N-dealkylation sites (N-methyl/N-ethyl adjacent to an activating group) is 1. The molecule has 0 saturated carbocycles. The van der Waals surface area contributed by atoms with Crippen molar-refractivity contribution in [2.24, 2.45) is 5.73 Å². The summed E-state index contributed by atoms with van der Waals surface area (Å²) in [6, 6.07) is 5.08. The zero-order valence-corrected chi connectivity index (χ0v) is 9.70. The van der Waals surface area contributed by atoms with Crippen molar-refractivity contribution in [1.82, 2.24) is 9.88 Å². The summed E-state index contributed by atoms with van der Waals surface area (Å²) in [6.07, 6.45) is 2.18. The van der Waals surface area contributed by atoms with Crippen LogP contribution in [0.25, 0.3) is 0 Å². The predicted octanol–water partition coefficient (Wildman–Crippen LogP) is 0.461. The fourth-order valence-electron chi connectivity index (χ4n) is 1.16. The van der Waals surface area contributed by atoms with Crippen LogP contribution in [0.5, 0.6) is 0 Å². The molecular formula is C10H16ClN3O. The van der Waals surface area contributed by atoms with Gasteiger partial charge in [-0.3, -0.25) is 9.78 Å². The molecule has 0 radical (unpaired) electrons. The Bertz CT molecular complexity index is 303. The quantitative estimate of drug-likeness (QED) is 0.820. The van der Waals surface area contributed by atoms with Crippen molar-refractivity contribution < 1.29 is 4.79 Å². The molecule has 0 spiro atoms. The third kappa shape index (κ3) is 4.27. The fraction of sp³-hybridized carbons (Fsp3) is 0.400. The number of nitrogens with two attached hydrogens (primary N) is 1. The molecular weight excluding hydrogens is 214 g/mol. The van der Waals surface area contributed by atoms with E-state index in [2.05, 4.69) is 4.98 Å². The summed E-state index contributed by atoms with van der Waals surface area (Å²) >= 11 is 0. The SMILES string of the molecule is CN(C)C(=O)[C@H](N)Cc1ccccn1.Cl. The molecule has 1 atom stereocenters. The van der Waals surface area contributed by atoms with Gasteiger partial charge >= 0.3 is 0 Å². The smallest absolute Gasteiger partial charge is 0.239 e. The van der Waals surface area contributed by atoms with Crippen molar-refractivity contribution in [3.63, 3.8) is 0 Å². The molecule has 0 aliphatic heterocycles. The van der Waals surface area contributed by atoms with Gasteiger partial charge in [-0.2, -0.15) is 0 Å². The second-order valence-electron chi connectivity index (χ2n) is 3.36. The van der Waals surface area contributed by atoms with Crippen LogP contribution in [-0.2, 0) is 11.2 Å². The second-order valence-corrected chi connectivity index (χ2v) is 3.36. The van der Waals surface area contributed by atoms with Crippen LogP contribution in [0.4, 0.5) is 0 Å². The van der Waals surface area contributed by atoms with E-state index in [1.54, 1.807) is 20.3 Å². The van der Waals surface area contributed by atoms with E-state index in [0.717, 1.165) is 5.69 Å². The van der Waals surface area contributed by atoms with Gasteiger partial charge in [-0.1, -0.05) is 6.07 Å². The molecule has 0 saturated heterocycles. The molecule has 0 aliphatic rings. The zero-order chi connectivity index (χ0) is 10.6. The normalized spacial score (nSPS) is 11.4. The lowest BCUT2D eigenvalue weighted by Gasteiger charge is -2.16. The van der Waals surface area contributed by atoms with E-state index < -0.39 is 6.04 Å². The van der Waals surface area contributed by atoms with Crippen LogP contribution in [0.15, 0.2) is 24.4 Å². The molecule has 0 unspecified atom stereocenters. The standard InChI is InChI=1S/C10H15N3O.ClH/c1-13(2)10(14)9(11)7-8-5-3-4-6-12-8;/h3-6,9H,7,11H2,1-2H3;1H/t9-;/m1./s1. The topological polar surface area (TPSA) is 59.2 Å². The number of carbonyl (C=O) groups is 1. The van der Waals surface area contributed by atoms with Gasteiger partial charge < -0.3 is 10.6 Å². The van der Waals surface area contributed by atoms with E-state index in [1.807, 2.05) is 18.2 Å². The Balaban J connectivity index is 0.00000196. The number of amides is 1. The Hall–Kier alpha value is -1.13. The lowest BCUT2D eigenvalue weighted by Crippen LogP contribution is -2.41. The van der Waals surface area contributed by atoms with E-state index in [-0.39, 0.29) is 18.3 Å². The summed E-state index contributed by atoms with van der Waals surface area (Å²) in [5.74, 6) is -0.0735. The number of pyridine rings is 1. The van der Waals surface area contributed by atoms with Gasteiger partial charge in [0.05, 0.1) is 6.04 Å². The van der Waals surface area contributed by atoms with Crippen LogP contribution in [0.3, 0.4) is 0 Å². The molecule has 0 fully saturated rings. The van der Waals surface area contributed by atoms with Crippen LogP contribution in [0.2, 0.25) is 0 Å². The average Bonchev–Trinajstić information content (AvgIpc) is 2.18. The minimum absolute atomic E-state index is 0. The largest absolute Gasteiger partial charge is 0.347 e. The number of nitrogens with zero attached hydrogens (tertiary/aromatic N) is 2. The molecule has 1 aromatic rings. The maximum Gasteiger partial charge on any atom is 0.239 e. The van der Waals surface area contributed by atoms with Crippen molar-refractivity contribution in [2.45, 2.75) is 12.5 Å². The zero-order valence-electron chi connectivity index (χ0n) is 8.88. The Morgan fingerprint density at radius 3 is 2.67 bits per heavy atom. The van der Waals surface area contributed by atoms with Crippen LogP contribution in [0.1, 0.15) is 5.69 Å². The monoisotopic (exact) mass is 229 g/mol. The summed E-state index contributed by atoms with van der Waals surface area (Å²) < 4.78 is 0. The summed E-state index contributed by atoms with van der Waals surface area (Å²) in [4.78, 5) is 17.0. The minimum Gasteiger partial charge on any atom is -0.347 e. The third-order valence-corrected chi connectivity index (χ3v) is 1.91. The summed E-state index contributed by atoms with van der Waals surface area (Å²) in [7, 11) is 3.39. The van der Waals surface area contributed by atoms with Crippen LogP contribution in [-0.4, -0.2) is 35.9 Å². The molecule has 1 rings (SSSR count). The first-order chi connectivity index (χ1) is 6.61. The number of carbonyl (C=O) groups excluding carboxylic acids is 1. The van der Waals surface area contributed by atoms with E-state index in [9.17, 15) is 4.79 Å². The Morgan fingerprint density at radius 1 is 1.53 bits per heavy atom. The number of aromatic nitrogens is 1. The molecule has 0 bridgehead atoms. The van der Waals surface area contributed by atoms with Gasteiger partial charge in [0.2, 0.25) is 5.91 Å². The first kappa shape index (κ1) is 13.9. The molecule has 1 amide bonds. The fourth-order valence-corrected chi connectivity index (χ4v) is 1.16. The Kier molecular flexibility index (Phi) is 5.89. The molecule has 15 heavy (non-hydrogen) atoms. The van der Waals surface area contributed by atoms with Crippen molar-refractivity contribution in [3.05, 3.63) is 30.1 Å². The first-order valence-corrected chi connectivity index (χ1v) is 4.48. The van der Waals surface area contributed by atoms with Crippen molar-refractivity contribution in [1.29, 1.82) is 0 Å². The predicted molar refractivity (Wildman–Crippen MR) is 61.9 cm³/mol. The molecule has 0 aromatic carbocycles. The van der Waals surface area contributed by atoms with E-state index in [1.165, 1.54) is 4.90 Å². The maximum atomic E-state index is 11.4. The number of halogens is 1. The highest BCUT2D eigenvalue weighted by atomic mass is 35.5. The van der Waals surface area contributed by atoms with Crippen molar-refractivity contribution >= 4 is 18.3 Å². The average molecular weight is 230 g/mol. The van der Waals surface area contributed by atoms with Gasteiger partial charge in [0, 0.05) is 32.4 Å². The second kappa shape index (κ2) is 6.37. The van der Waals surface area contributed by atoms with E-state index in [0.29, 0.717) is 6.42 Å². The van der Waals surface area contributed by atoms with Gasteiger partial charge in [0.25, 0.3) is 0 Å². The van der Waals surface area contributed by atoms with Gasteiger partial charge in [0.15, 0.2) is 0 Å². The van der Waals surface area contributed by atoms with E-state index in [4.69, 9.17) is 5.73 Å². The highest BCUT2D eigenvalue weighted by Gasteiger charge is 2.15. The molecule has 0 aliphatic carbocycles. The summed E-state index contributed by atoms with van der Waals surface area (Å²) in [6.45, 7) is 0. The van der Waals surface area contributed by atoms with E-state index >= 15 is 0 Å². The van der Waals surface area contributed by atoms with Crippen LogP contribution in [0, 0.1) is 0 Å². The van der Waals surface area contributed by atoms with Crippen molar-refractivity contribution in [2.75, 3.05) is 14.1 Å². The number of hydrogen-bond donors (Lipinski definition) is 1. The highest BCUT2D eigenvalue weighted by molar-refractivity contribution is 5.85. The molecule has 5 heteroatoms. The maximum absolute atomic E-state index is 11.4. The summed E-state index contributed by atoms with van der Waals surface area (Å²) in [5, 5.41) is 0.